The van der Waals surface area contributed by atoms with E-state index in [0.29, 0.717) is 28.1 Å². The summed E-state index contributed by atoms with van der Waals surface area (Å²) >= 11 is 1.08. The minimum Gasteiger partial charge on any atom is -0.535 e. The van der Waals surface area contributed by atoms with Crippen LogP contribution in [-0.4, -0.2) is 76.4 Å². The van der Waals surface area contributed by atoms with Gasteiger partial charge in [0.1, 0.15) is 17.0 Å². The van der Waals surface area contributed by atoms with Crippen LogP contribution in [0.1, 0.15) is 59.9 Å². The molecule has 0 saturated heterocycles. The number of carbonyl (C=O) groups excluding carboxylic acids is 4. The number of nitrogens with one attached hydrogen (secondary N) is 3. The third-order valence-electron chi connectivity index (χ3n) is 7.63. The topological polar surface area (TPSA) is 298 Å². The Hall–Kier alpha value is -7.33. The Balaban J connectivity index is 0.000000311. The van der Waals surface area contributed by atoms with E-state index in [-0.39, 0.29) is 47.3 Å². The van der Waals surface area contributed by atoms with E-state index in [4.69, 9.17) is 35.3 Å². The van der Waals surface area contributed by atoms with Crippen LogP contribution in [-0.2, 0) is 35.2 Å². The van der Waals surface area contributed by atoms with Crippen LogP contribution < -0.4 is 26.5 Å². The van der Waals surface area contributed by atoms with Gasteiger partial charge in [0.2, 0.25) is 0 Å². The minimum absolute atomic E-state index is 0.0639. The molecule has 19 nitrogen and oxygen atoms in total. The van der Waals surface area contributed by atoms with Crippen LogP contribution in [0.3, 0.4) is 0 Å². The molecule has 59 heavy (non-hydrogen) atoms. The molecule has 1 aliphatic rings. The molecule has 21 heteroatoms. The van der Waals surface area contributed by atoms with Crippen LogP contribution in [0.15, 0.2) is 77.3 Å². The number of nitriles is 2. The van der Waals surface area contributed by atoms with Crippen LogP contribution in [0.25, 0.3) is 0 Å². The van der Waals surface area contributed by atoms with Crippen LogP contribution in [0.2, 0.25) is 5.82 Å². The maximum Gasteiger partial charge on any atom is 0.526 e. The molecule has 0 radical (unpaired) electrons. The largest absolute Gasteiger partial charge is 0.535 e. The van der Waals surface area contributed by atoms with Crippen molar-refractivity contribution in [1.29, 1.82) is 10.5 Å². The maximum absolute atomic E-state index is 13.2. The van der Waals surface area contributed by atoms with Gasteiger partial charge in [0.15, 0.2) is 29.8 Å². The van der Waals surface area contributed by atoms with Crippen molar-refractivity contribution < 1.29 is 53.2 Å². The third kappa shape index (κ3) is 14.0. The first-order chi connectivity index (χ1) is 28.0. The number of nitrogens with two attached hydrogens (primary N) is 1. The van der Waals surface area contributed by atoms with Crippen molar-refractivity contribution in [3.8, 4) is 17.9 Å². The lowest BCUT2D eigenvalue weighted by Gasteiger charge is -2.28. The zero-order valence-electron chi connectivity index (χ0n) is 31.8. The number of carboxylic acids is 1. The van der Waals surface area contributed by atoms with Gasteiger partial charge < -0.3 is 40.7 Å². The number of para-hydroxylation sites is 1. The highest BCUT2D eigenvalue weighted by atomic mass is 32.1. The number of nitrogen functional groups attached to an aromatic ring is 1. The van der Waals surface area contributed by atoms with E-state index < -0.39 is 54.8 Å². The fourth-order valence-corrected chi connectivity index (χ4v) is 5.61. The fraction of sp³-hybridized carbons (Fsp3) is 0.237. The normalized spacial score (nSPS) is 13.1. The summed E-state index contributed by atoms with van der Waals surface area (Å²) in [5.41, 5.74) is 9.39. The molecule has 0 aliphatic carbocycles. The molecule has 0 spiro atoms. The van der Waals surface area contributed by atoms with Gasteiger partial charge in [-0.3, -0.25) is 19.2 Å². The van der Waals surface area contributed by atoms with Gasteiger partial charge in [-0.2, -0.15) is 16.0 Å². The van der Waals surface area contributed by atoms with Gasteiger partial charge in [0, 0.05) is 29.0 Å². The quantitative estimate of drug-likeness (QED) is 0.0630. The Morgan fingerprint density at radius 1 is 0.966 bits per heavy atom. The number of hydroxylamine groups is 1. The highest BCUT2D eigenvalue weighted by molar-refractivity contribution is 7.13. The number of Topliss-reactive ketones (excluding diaryl/α,β-unsaturated/α-hetero) is 1. The number of fused-ring (bicyclic) bond motifs is 1. The monoisotopic (exact) mass is 824 g/mol. The number of hydrogen-bond acceptors (Lipinski definition) is 16. The van der Waals surface area contributed by atoms with Crippen molar-refractivity contribution in [3.63, 3.8) is 0 Å². The number of ether oxygens (including phenoxy) is 1. The summed E-state index contributed by atoms with van der Waals surface area (Å²) in [6.45, 7) is 4.26. The SMILES string of the molecule is CC(C)(C)OC(=O)NOCC(=O)Nc1ccc(C#N)cc1.N#Cc1ccc(NC(=O)CO/N=C(\C(=O)C[C@H]2Cc3cccc(C(=O)O)c3OB2O)c2csc(N)n2)cc1. The van der Waals surface area contributed by atoms with Gasteiger partial charge in [-0.15, -0.1) is 11.3 Å². The average Bonchev–Trinajstić information content (AvgIpc) is 3.62. The molecule has 0 fully saturated rings. The van der Waals surface area contributed by atoms with E-state index in [1.165, 1.54) is 11.4 Å². The Morgan fingerprint density at radius 2 is 1.56 bits per heavy atom. The van der Waals surface area contributed by atoms with Gasteiger partial charge in [-0.1, -0.05) is 17.3 Å². The van der Waals surface area contributed by atoms with Gasteiger partial charge >= 0.3 is 19.2 Å². The van der Waals surface area contributed by atoms with Crippen molar-refractivity contribution in [2.45, 2.75) is 45.0 Å². The smallest absolute Gasteiger partial charge is 0.526 e. The summed E-state index contributed by atoms with van der Waals surface area (Å²) in [4.78, 5) is 73.6. The Bertz CT molecular complexity index is 2280. The number of carbonyl (C=O) groups is 5. The van der Waals surface area contributed by atoms with Crippen molar-refractivity contribution in [1.82, 2.24) is 10.5 Å². The van der Waals surface area contributed by atoms with E-state index in [2.05, 4.69) is 20.8 Å². The molecule has 1 aliphatic heterocycles. The molecule has 0 bridgehead atoms. The number of aromatic nitrogens is 1. The number of aromatic carboxylic acids is 1. The third-order valence-corrected chi connectivity index (χ3v) is 8.31. The first-order valence-electron chi connectivity index (χ1n) is 17.4. The Kier molecular flexibility index (Phi) is 15.6. The van der Waals surface area contributed by atoms with E-state index >= 15 is 0 Å². The molecule has 3 aromatic carbocycles. The highest BCUT2D eigenvalue weighted by Gasteiger charge is 2.39. The van der Waals surface area contributed by atoms with Crippen molar-refractivity contribution in [2.75, 3.05) is 29.6 Å². The summed E-state index contributed by atoms with van der Waals surface area (Å²) in [6, 6.07) is 21.1. The minimum atomic E-state index is -1.44. The highest BCUT2D eigenvalue weighted by Crippen LogP contribution is 2.36. The summed E-state index contributed by atoms with van der Waals surface area (Å²) in [6.07, 6.45) is -0.813. The van der Waals surface area contributed by atoms with Crippen molar-refractivity contribution >= 4 is 70.3 Å². The van der Waals surface area contributed by atoms with Gasteiger partial charge in [-0.25, -0.2) is 14.6 Å². The number of thiazole rings is 1. The molecule has 1 atom stereocenters. The summed E-state index contributed by atoms with van der Waals surface area (Å²) in [7, 11) is -1.44. The lowest BCUT2D eigenvalue weighted by atomic mass is 9.64. The van der Waals surface area contributed by atoms with Crippen molar-refractivity contribution in [3.05, 3.63) is 100 Å². The molecular weight excluding hydrogens is 787 g/mol. The number of nitrogens with zero attached hydrogens (tertiary/aromatic N) is 4. The molecule has 304 valence electrons. The van der Waals surface area contributed by atoms with E-state index in [1.54, 1.807) is 81.4 Å². The fourth-order valence-electron chi connectivity index (χ4n) is 5.06. The maximum atomic E-state index is 13.2. The van der Waals surface area contributed by atoms with E-state index in [0.717, 1.165) is 11.3 Å². The lowest BCUT2D eigenvalue weighted by molar-refractivity contribution is -0.123. The summed E-state index contributed by atoms with van der Waals surface area (Å²) < 4.78 is 10.4. The van der Waals surface area contributed by atoms with E-state index in [1.807, 2.05) is 17.6 Å². The molecule has 0 unspecified atom stereocenters. The van der Waals surface area contributed by atoms with Gasteiger partial charge in [0.05, 0.1) is 28.8 Å². The molecule has 7 N–H and O–H groups in total. The zero-order chi connectivity index (χ0) is 43.1. The summed E-state index contributed by atoms with van der Waals surface area (Å²) in [5, 5.41) is 48.0. The first kappa shape index (κ1) is 44.4. The molecular formula is C38H37BN8O11S. The standard InChI is InChI=1S/C24H20BN5O7S.C14H17N3O4/c26-10-13-4-6-16(7-5-13)28-20(32)11-36-30-21(18-12-38-24(27)29-18)19(31)9-15-8-14-2-1-3-17(23(33)34)22(14)37-25(15)35;1-14(2,3)21-13(19)17-20-9-12(18)16-11-6-4-10(8-15)5-7-11/h1-7,12,15,35H,8-9,11H2,(H2,27,29)(H,28,32)(H,33,34);4-7H,9H2,1-3H3,(H,16,18)(H,17,19)/b30-21-;/t15-;/m1./s1. The predicted molar refractivity (Wildman–Crippen MR) is 213 cm³/mol. The second-order valence-corrected chi connectivity index (χ2v) is 14.2. The van der Waals surface area contributed by atoms with Gasteiger partial charge in [0.25, 0.3) is 11.8 Å². The number of rotatable bonds is 13. The Morgan fingerprint density at radius 3 is 2.08 bits per heavy atom. The summed E-state index contributed by atoms with van der Waals surface area (Å²) in [5.74, 6) is -3.39. The van der Waals surface area contributed by atoms with Crippen LogP contribution in [0, 0.1) is 22.7 Å². The second-order valence-electron chi connectivity index (χ2n) is 13.4. The molecule has 4 aromatic rings. The number of oxime groups is 1. The predicted octanol–water partition coefficient (Wildman–Crippen LogP) is 4.05. The average molecular weight is 825 g/mol. The molecule has 5 rings (SSSR count). The number of amides is 3. The number of carboxylic acid groups (broad SMARTS) is 1. The lowest BCUT2D eigenvalue weighted by Crippen LogP contribution is -2.37. The molecule has 2 heterocycles. The van der Waals surface area contributed by atoms with Crippen molar-refractivity contribution in [2.24, 2.45) is 5.16 Å². The van der Waals surface area contributed by atoms with Crippen LogP contribution >= 0.6 is 11.3 Å². The number of ketones is 1. The Labute approximate surface area is 341 Å². The molecule has 3 amide bonds. The molecule has 0 saturated carbocycles. The van der Waals surface area contributed by atoms with Crippen LogP contribution in [0.4, 0.5) is 21.3 Å². The molecule has 1 aromatic heterocycles. The van der Waals surface area contributed by atoms with Crippen LogP contribution in [0.5, 0.6) is 5.75 Å². The first-order valence-corrected chi connectivity index (χ1v) is 18.3. The van der Waals surface area contributed by atoms with E-state index in [9.17, 15) is 34.1 Å². The zero-order valence-corrected chi connectivity index (χ0v) is 32.6. The second kappa shape index (κ2) is 20.7. The number of hydrogen-bond donors (Lipinski definition) is 6. The number of benzene rings is 3. The van der Waals surface area contributed by atoms with Gasteiger partial charge in [-0.05, 0) is 87.4 Å². The number of anilines is 3.